The molecule has 3 heterocycles. The molecule has 0 bridgehead atoms. The number of aromatic nitrogens is 3. The largest absolute Gasteiger partial charge is 0.460 e. The molecule has 2 amide bonds. The standard InChI is InChI=1S/C22H22N6O4S/c1-4-32-22(31)19-25-18(11-28(19)3)26-21(30)17-8-12-7-14(5-6-16(12)33-17)24-20(29)15-9-13(23)10-27(15)2/h5-11H,4,23H2,1-3H3,(H,24,29)(H,26,30). The van der Waals surface area contributed by atoms with Gasteiger partial charge in [-0.25, -0.2) is 9.78 Å². The minimum atomic E-state index is -0.560. The number of amides is 2. The second kappa shape index (κ2) is 8.79. The summed E-state index contributed by atoms with van der Waals surface area (Å²) < 4.78 is 8.99. The van der Waals surface area contributed by atoms with Gasteiger partial charge in [0.25, 0.3) is 11.8 Å². The summed E-state index contributed by atoms with van der Waals surface area (Å²) in [4.78, 5) is 41.8. The van der Waals surface area contributed by atoms with Crippen molar-refractivity contribution in [1.29, 1.82) is 0 Å². The van der Waals surface area contributed by atoms with Crippen molar-refractivity contribution in [3.8, 4) is 0 Å². The number of nitrogen functional groups attached to an aromatic ring is 1. The molecule has 4 aromatic rings. The van der Waals surface area contributed by atoms with Crippen molar-refractivity contribution in [1.82, 2.24) is 14.1 Å². The molecule has 0 aliphatic rings. The Balaban J connectivity index is 1.50. The quantitative estimate of drug-likeness (QED) is 0.374. The minimum absolute atomic E-state index is 0.101. The number of hydrogen-bond donors (Lipinski definition) is 3. The zero-order valence-electron chi connectivity index (χ0n) is 18.2. The average molecular weight is 467 g/mol. The van der Waals surface area contributed by atoms with Crippen molar-refractivity contribution in [3.05, 3.63) is 59.1 Å². The van der Waals surface area contributed by atoms with E-state index in [-0.39, 0.29) is 30.1 Å². The lowest BCUT2D eigenvalue weighted by Gasteiger charge is -2.06. The third-order valence-electron chi connectivity index (χ3n) is 4.83. The van der Waals surface area contributed by atoms with Crippen LogP contribution in [0.5, 0.6) is 0 Å². The van der Waals surface area contributed by atoms with Gasteiger partial charge in [0.1, 0.15) is 5.69 Å². The van der Waals surface area contributed by atoms with Crippen molar-refractivity contribution in [2.75, 3.05) is 23.0 Å². The minimum Gasteiger partial charge on any atom is -0.460 e. The molecule has 0 fully saturated rings. The van der Waals surface area contributed by atoms with Crippen LogP contribution in [0.25, 0.3) is 10.1 Å². The molecule has 0 aliphatic carbocycles. The lowest BCUT2D eigenvalue weighted by Crippen LogP contribution is -2.15. The molecule has 11 heteroatoms. The molecule has 4 N–H and O–H groups in total. The van der Waals surface area contributed by atoms with Crippen LogP contribution in [-0.4, -0.2) is 38.5 Å². The van der Waals surface area contributed by atoms with E-state index in [1.54, 1.807) is 62.2 Å². The first kappa shape index (κ1) is 22.1. The van der Waals surface area contributed by atoms with E-state index >= 15 is 0 Å². The number of imidazole rings is 1. The molecule has 0 saturated carbocycles. The van der Waals surface area contributed by atoms with Crippen LogP contribution in [0, 0.1) is 0 Å². The molecule has 1 aromatic carbocycles. The summed E-state index contributed by atoms with van der Waals surface area (Å²) in [5.74, 6) is -0.847. The fourth-order valence-corrected chi connectivity index (χ4v) is 4.27. The van der Waals surface area contributed by atoms with Crippen molar-refractivity contribution >= 4 is 56.4 Å². The zero-order chi connectivity index (χ0) is 23.7. The first-order valence-corrected chi connectivity index (χ1v) is 10.9. The van der Waals surface area contributed by atoms with Crippen molar-refractivity contribution in [2.45, 2.75) is 6.92 Å². The third-order valence-corrected chi connectivity index (χ3v) is 5.95. The Kier molecular flexibility index (Phi) is 5.88. The average Bonchev–Trinajstić information content (AvgIpc) is 3.44. The highest BCUT2D eigenvalue weighted by Crippen LogP contribution is 2.29. The lowest BCUT2D eigenvalue weighted by molar-refractivity contribution is 0.0507. The highest BCUT2D eigenvalue weighted by Gasteiger charge is 2.18. The molecular weight excluding hydrogens is 444 g/mol. The highest BCUT2D eigenvalue weighted by molar-refractivity contribution is 7.20. The van der Waals surface area contributed by atoms with Gasteiger partial charge in [0, 0.05) is 36.9 Å². The van der Waals surface area contributed by atoms with Crippen LogP contribution in [-0.2, 0) is 18.8 Å². The van der Waals surface area contributed by atoms with Crippen LogP contribution < -0.4 is 16.4 Å². The smallest absolute Gasteiger partial charge is 0.374 e. The maximum atomic E-state index is 12.7. The molecule has 10 nitrogen and oxygen atoms in total. The van der Waals surface area contributed by atoms with Crippen molar-refractivity contribution < 1.29 is 19.1 Å². The van der Waals surface area contributed by atoms with E-state index in [1.165, 1.54) is 15.9 Å². The summed E-state index contributed by atoms with van der Waals surface area (Å²) in [6.45, 7) is 1.94. The maximum Gasteiger partial charge on any atom is 0.374 e. The number of rotatable bonds is 6. The lowest BCUT2D eigenvalue weighted by atomic mass is 10.2. The van der Waals surface area contributed by atoms with E-state index < -0.39 is 5.97 Å². The second-order valence-electron chi connectivity index (χ2n) is 7.32. The van der Waals surface area contributed by atoms with E-state index in [2.05, 4.69) is 15.6 Å². The van der Waals surface area contributed by atoms with Crippen LogP contribution in [0.3, 0.4) is 0 Å². The fraction of sp³-hybridized carbons (Fsp3) is 0.182. The second-order valence-corrected chi connectivity index (χ2v) is 8.41. The van der Waals surface area contributed by atoms with E-state index in [0.717, 1.165) is 10.1 Å². The van der Waals surface area contributed by atoms with Gasteiger partial charge >= 0.3 is 5.97 Å². The number of nitrogens with one attached hydrogen (secondary N) is 2. The predicted molar refractivity (Wildman–Crippen MR) is 127 cm³/mol. The van der Waals surface area contributed by atoms with Crippen LogP contribution in [0.2, 0.25) is 0 Å². The van der Waals surface area contributed by atoms with E-state index in [1.807, 2.05) is 6.07 Å². The Morgan fingerprint density at radius 3 is 2.55 bits per heavy atom. The van der Waals surface area contributed by atoms with Gasteiger partial charge in [-0.3, -0.25) is 9.59 Å². The third kappa shape index (κ3) is 4.58. The number of hydrogen-bond acceptors (Lipinski definition) is 7. The molecule has 0 spiro atoms. The van der Waals surface area contributed by atoms with Gasteiger partial charge in [0.15, 0.2) is 5.82 Å². The Labute approximate surface area is 193 Å². The number of aryl methyl sites for hydroxylation is 2. The van der Waals surface area contributed by atoms with Gasteiger partial charge in [-0.2, -0.15) is 0 Å². The number of fused-ring (bicyclic) bond motifs is 1. The number of anilines is 3. The number of ether oxygens (including phenoxy) is 1. The van der Waals surface area contributed by atoms with Crippen LogP contribution in [0.4, 0.5) is 17.2 Å². The van der Waals surface area contributed by atoms with Gasteiger partial charge in [0.05, 0.1) is 17.2 Å². The molecule has 33 heavy (non-hydrogen) atoms. The molecule has 3 aromatic heterocycles. The molecule has 0 unspecified atom stereocenters. The summed E-state index contributed by atoms with van der Waals surface area (Å²) in [6, 6.07) is 8.75. The van der Waals surface area contributed by atoms with E-state index in [9.17, 15) is 14.4 Å². The van der Waals surface area contributed by atoms with E-state index in [4.69, 9.17) is 10.5 Å². The normalized spacial score (nSPS) is 10.9. The maximum absolute atomic E-state index is 12.7. The van der Waals surface area contributed by atoms with Crippen LogP contribution >= 0.6 is 11.3 Å². The number of nitrogens with two attached hydrogens (primary N) is 1. The monoisotopic (exact) mass is 466 g/mol. The topological polar surface area (TPSA) is 133 Å². The van der Waals surface area contributed by atoms with Gasteiger partial charge in [-0.05, 0) is 42.6 Å². The Hall–Kier alpha value is -4.12. The number of esters is 1. The van der Waals surface area contributed by atoms with Crippen molar-refractivity contribution in [3.63, 3.8) is 0 Å². The number of thiophene rings is 1. The van der Waals surface area contributed by atoms with Gasteiger partial charge < -0.3 is 30.2 Å². The SMILES string of the molecule is CCOC(=O)c1nc(NC(=O)c2cc3cc(NC(=O)c4cc(N)cn4C)ccc3s2)cn1C. The number of carbonyl (C=O) groups excluding carboxylic acids is 3. The number of carbonyl (C=O) groups is 3. The van der Waals surface area contributed by atoms with Crippen molar-refractivity contribution in [2.24, 2.45) is 14.1 Å². The Morgan fingerprint density at radius 1 is 1.06 bits per heavy atom. The molecule has 0 saturated heterocycles. The first-order chi connectivity index (χ1) is 15.7. The molecule has 0 aliphatic heterocycles. The summed E-state index contributed by atoms with van der Waals surface area (Å²) in [7, 11) is 3.39. The molecular formula is C22H22N6O4S. The van der Waals surface area contributed by atoms with E-state index in [0.29, 0.717) is 21.9 Å². The summed E-state index contributed by atoms with van der Waals surface area (Å²) >= 11 is 1.31. The molecule has 0 radical (unpaired) electrons. The Bertz CT molecular complexity index is 1380. The van der Waals surface area contributed by atoms with Crippen LogP contribution in [0.1, 0.15) is 37.7 Å². The summed E-state index contributed by atoms with van der Waals surface area (Å²) in [5.41, 5.74) is 7.29. The zero-order valence-corrected chi connectivity index (χ0v) is 19.0. The molecule has 170 valence electrons. The highest BCUT2D eigenvalue weighted by atomic mass is 32.1. The summed E-state index contributed by atoms with van der Waals surface area (Å²) in [5, 5.41) is 6.35. The summed E-state index contributed by atoms with van der Waals surface area (Å²) in [6.07, 6.45) is 3.21. The van der Waals surface area contributed by atoms with Gasteiger partial charge in [-0.1, -0.05) is 0 Å². The number of nitrogens with zero attached hydrogens (tertiary/aromatic N) is 3. The number of benzene rings is 1. The van der Waals surface area contributed by atoms with Crippen LogP contribution in [0.15, 0.2) is 42.7 Å². The fourth-order valence-electron chi connectivity index (χ4n) is 3.33. The first-order valence-electron chi connectivity index (χ1n) is 10.0. The molecule has 0 atom stereocenters. The molecule has 4 rings (SSSR count). The predicted octanol–water partition coefficient (Wildman–Crippen LogP) is 3.24. The van der Waals surface area contributed by atoms with Gasteiger partial charge in [0.2, 0.25) is 5.82 Å². The van der Waals surface area contributed by atoms with Gasteiger partial charge in [-0.15, -0.1) is 11.3 Å². The Morgan fingerprint density at radius 2 is 1.85 bits per heavy atom.